The monoisotopic (exact) mass is 337 g/mol. The van der Waals surface area contributed by atoms with Crippen LogP contribution in [0, 0.1) is 28.6 Å². The van der Waals surface area contributed by atoms with Crippen LogP contribution in [0.5, 0.6) is 0 Å². The number of nitriles is 2. The molecule has 3 heterocycles. The fraction of sp³-hybridized carbons (Fsp3) is 0.471. The highest BCUT2D eigenvalue weighted by Crippen LogP contribution is 2.38. The third-order valence-electron chi connectivity index (χ3n) is 4.63. The highest BCUT2D eigenvalue weighted by atomic mass is 16.5. The van der Waals surface area contributed by atoms with Crippen molar-refractivity contribution in [3.8, 4) is 18.0 Å². The molecule has 2 aromatic heterocycles. The number of ether oxygens (including phenoxy) is 1. The van der Waals surface area contributed by atoms with Crippen LogP contribution in [-0.2, 0) is 10.3 Å². The van der Waals surface area contributed by atoms with Gasteiger partial charge in [0.1, 0.15) is 18.2 Å². The Kier molecular flexibility index (Phi) is 5.03. The standard InChI is InChI=1S/C17H19N7O/c1-14(4-5-18)17(11-19,23-6-8-25-9-7-23)15-2-3-16(21-10-15)24-13-20-12-22-24/h2-3,10,12-14H,4,6-9H2,1H3. The minimum Gasteiger partial charge on any atom is -0.379 e. The molecule has 8 nitrogen and oxygen atoms in total. The first-order valence-corrected chi connectivity index (χ1v) is 8.15. The van der Waals surface area contributed by atoms with Crippen LogP contribution in [0.1, 0.15) is 18.9 Å². The third kappa shape index (κ3) is 3.10. The van der Waals surface area contributed by atoms with Gasteiger partial charge in [0.15, 0.2) is 5.82 Å². The lowest BCUT2D eigenvalue weighted by Crippen LogP contribution is -2.54. The van der Waals surface area contributed by atoms with E-state index >= 15 is 0 Å². The zero-order chi connectivity index (χ0) is 17.7. The van der Waals surface area contributed by atoms with Crippen molar-refractivity contribution < 1.29 is 4.74 Å². The molecule has 1 aliphatic heterocycles. The second-order valence-electron chi connectivity index (χ2n) is 5.99. The lowest BCUT2D eigenvalue weighted by Gasteiger charge is -2.44. The largest absolute Gasteiger partial charge is 0.379 e. The van der Waals surface area contributed by atoms with Crippen molar-refractivity contribution in [3.05, 3.63) is 36.5 Å². The van der Waals surface area contributed by atoms with E-state index in [1.807, 2.05) is 19.1 Å². The molecule has 0 radical (unpaired) electrons. The van der Waals surface area contributed by atoms with Crippen molar-refractivity contribution in [3.63, 3.8) is 0 Å². The van der Waals surface area contributed by atoms with Crippen molar-refractivity contribution >= 4 is 0 Å². The quantitative estimate of drug-likeness (QED) is 0.809. The van der Waals surface area contributed by atoms with Gasteiger partial charge in [-0.15, -0.1) is 0 Å². The van der Waals surface area contributed by atoms with E-state index in [2.05, 4.69) is 32.1 Å². The fourth-order valence-electron chi connectivity index (χ4n) is 3.30. The predicted octanol–water partition coefficient (Wildman–Crippen LogP) is 1.26. The first-order valence-electron chi connectivity index (χ1n) is 8.15. The summed E-state index contributed by atoms with van der Waals surface area (Å²) in [6.07, 6.45) is 5.00. The van der Waals surface area contributed by atoms with Crippen molar-refractivity contribution in [1.29, 1.82) is 10.5 Å². The van der Waals surface area contributed by atoms with Gasteiger partial charge in [0.05, 0.1) is 25.4 Å². The Labute approximate surface area is 146 Å². The molecule has 8 heteroatoms. The summed E-state index contributed by atoms with van der Waals surface area (Å²) in [5.41, 5.74) is -0.128. The number of nitrogens with zero attached hydrogens (tertiary/aromatic N) is 7. The van der Waals surface area contributed by atoms with Gasteiger partial charge < -0.3 is 4.74 Å². The van der Waals surface area contributed by atoms with Gasteiger partial charge in [0.2, 0.25) is 0 Å². The Hall–Kier alpha value is -2.81. The van der Waals surface area contributed by atoms with Crippen LogP contribution < -0.4 is 0 Å². The predicted molar refractivity (Wildman–Crippen MR) is 88.2 cm³/mol. The summed E-state index contributed by atoms with van der Waals surface area (Å²) in [6.45, 7) is 4.38. The molecule has 1 fully saturated rings. The summed E-state index contributed by atoms with van der Waals surface area (Å²) in [7, 11) is 0. The van der Waals surface area contributed by atoms with Gasteiger partial charge in [0.25, 0.3) is 0 Å². The van der Waals surface area contributed by atoms with E-state index in [0.717, 1.165) is 5.56 Å². The molecule has 128 valence electrons. The molecule has 3 rings (SSSR count). The van der Waals surface area contributed by atoms with Gasteiger partial charge in [-0.2, -0.15) is 15.6 Å². The van der Waals surface area contributed by atoms with Crippen molar-refractivity contribution in [1.82, 2.24) is 24.6 Å². The Balaban J connectivity index is 2.01. The summed E-state index contributed by atoms with van der Waals surface area (Å²) in [5, 5.41) is 23.4. The maximum absolute atomic E-state index is 10.1. The van der Waals surface area contributed by atoms with Crippen molar-refractivity contribution in [2.24, 2.45) is 5.92 Å². The smallest absolute Gasteiger partial charge is 0.155 e. The van der Waals surface area contributed by atoms with E-state index in [1.54, 1.807) is 17.2 Å². The Bertz CT molecular complexity index is 769. The van der Waals surface area contributed by atoms with Crippen molar-refractivity contribution in [2.75, 3.05) is 26.3 Å². The molecule has 0 bridgehead atoms. The molecule has 0 aromatic carbocycles. The molecule has 0 aliphatic carbocycles. The first kappa shape index (κ1) is 17.0. The lowest BCUT2D eigenvalue weighted by atomic mass is 9.77. The van der Waals surface area contributed by atoms with E-state index in [1.165, 1.54) is 6.33 Å². The molecule has 1 aliphatic rings. The summed E-state index contributed by atoms with van der Waals surface area (Å²) >= 11 is 0. The normalized spacial score (nSPS) is 18.7. The van der Waals surface area contributed by atoms with Crippen LogP contribution >= 0.6 is 0 Å². The number of hydrogen-bond acceptors (Lipinski definition) is 7. The van der Waals surface area contributed by atoms with E-state index < -0.39 is 5.54 Å². The molecule has 2 aromatic rings. The Morgan fingerprint density at radius 1 is 1.32 bits per heavy atom. The number of hydrogen-bond donors (Lipinski definition) is 0. The Morgan fingerprint density at radius 3 is 2.68 bits per heavy atom. The summed E-state index contributed by atoms with van der Waals surface area (Å²) < 4.78 is 6.99. The highest BCUT2D eigenvalue weighted by molar-refractivity contribution is 5.35. The van der Waals surface area contributed by atoms with Gasteiger partial charge in [-0.1, -0.05) is 13.0 Å². The van der Waals surface area contributed by atoms with Crippen LogP contribution in [-0.4, -0.2) is 51.0 Å². The zero-order valence-corrected chi connectivity index (χ0v) is 14.0. The van der Waals surface area contributed by atoms with Crippen molar-refractivity contribution in [2.45, 2.75) is 18.9 Å². The maximum atomic E-state index is 10.1. The molecule has 0 amide bonds. The molecular formula is C17H19N7O. The minimum atomic E-state index is -0.909. The van der Waals surface area contributed by atoms with E-state index in [0.29, 0.717) is 32.1 Å². The van der Waals surface area contributed by atoms with E-state index in [4.69, 9.17) is 4.74 Å². The van der Waals surface area contributed by atoms with Crippen LogP contribution in [0.3, 0.4) is 0 Å². The molecule has 0 N–H and O–H groups in total. The zero-order valence-electron chi connectivity index (χ0n) is 14.0. The number of rotatable bonds is 5. The van der Waals surface area contributed by atoms with Gasteiger partial charge in [-0.25, -0.2) is 14.6 Å². The Morgan fingerprint density at radius 2 is 2.12 bits per heavy atom. The highest BCUT2D eigenvalue weighted by Gasteiger charge is 2.44. The molecule has 2 unspecified atom stereocenters. The van der Waals surface area contributed by atoms with E-state index in [9.17, 15) is 10.5 Å². The topological polar surface area (TPSA) is 104 Å². The summed E-state index contributed by atoms with van der Waals surface area (Å²) in [4.78, 5) is 10.5. The lowest BCUT2D eigenvalue weighted by molar-refractivity contribution is -0.0226. The maximum Gasteiger partial charge on any atom is 0.155 e. The van der Waals surface area contributed by atoms with E-state index in [-0.39, 0.29) is 12.3 Å². The molecule has 2 atom stereocenters. The summed E-state index contributed by atoms with van der Waals surface area (Å²) in [6, 6.07) is 8.38. The SMILES string of the molecule is CC(CC#N)C(C#N)(c1ccc(-n2cncn2)nc1)N1CCOCC1. The van der Waals surface area contributed by atoms with Crippen LogP contribution in [0.4, 0.5) is 0 Å². The second kappa shape index (κ2) is 7.39. The number of aromatic nitrogens is 4. The van der Waals surface area contributed by atoms with Crippen LogP contribution in [0.2, 0.25) is 0 Å². The summed E-state index contributed by atoms with van der Waals surface area (Å²) in [5.74, 6) is 0.461. The average Bonchev–Trinajstić information content (AvgIpc) is 3.19. The van der Waals surface area contributed by atoms with Crippen LogP contribution in [0.15, 0.2) is 31.0 Å². The van der Waals surface area contributed by atoms with Gasteiger partial charge in [0, 0.05) is 37.2 Å². The number of morpholine rings is 1. The fourth-order valence-corrected chi connectivity index (χ4v) is 3.30. The second-order valence-corrected chi connectivity index (χ2v) is 5.99. The number of pyridine rings is 1. The molecular weight excluding hydrogens is 318 g/mol. The molecule has 0 spiro atoms. The first-order chi connectivity index (χ1) is 12.2. The molecule has 25 heavy (non-hydrogen) atoms. The average molecular weight is 337 g/mol. The molecule has 1 saturated heterocycles. The third-order valence-corrected chi connectivity index (χ3v) is 4.63. The molecule has 0 saturated carbocycles. The van der Waals surface area contributed by atoms with Gasteiger partial charge in [-0.3, -0.25) is 4.90 Å². The van der Waals surface area contributed by atoms with Gasteiger partial charge in [-0.05, 0) is 6.07 Å². The minimum absolute atomic E-state index is 0.167. The van der Waals surface area contributed by atoms with Crippen LogP contribution in [0.25, 0.3) is 5.82 Å². The van der Waals surface area contributed by atoms with Gasteiger partial charge >= 0.3 is 0 Å².